The van der Waals surface area contributed by atoms with Gasteiger partial charge in [-0.05, 0) is 49.9 Å². The van der Waals surface area contributed by atoms with Crippen molar-refractivity contribution in [2.45, 2.75) is 26.4 Å². The van der Waals surface area contributed by atoms with Crippen molar-refractivity contribution >= 4 is 5.78 Å². The van der Waals surface area contributed by atoms with Gasteiger partial charge in [0.25, 0.3) is 0 Å². The maximum atomic E-state index is 11.9. The van der Waals surface area contributed by atoms with Crippen LogP contribution < -0.4 is 4.74 Å². The van der Waals surface area contributed by atoms with E-state index in [1.54, 1.807) is 18.3 Å². The van der Waals surface area contributed by atoms with Crippen LogP contribution in [0, 0.1) is 5.92 Å². The lowest BCUT2D eigenvalue weighted by atomic mass is 10.0. The molecule has 0 unspecified atom stereocenters. The van der Waals surface area contributed by atoms with Crippen LogP contribution in [0.1, 0.15) is 35.7 Å². The fraction of sp³-hybridized carbons (Fsp3) is 0.333. The first kappa shape index (κ1) is 14.7. The molecule has 1 aliphatic rings. The highest BCUT2D eigenvalue weighted by Gasteiger charge is 2.23. The molecule has 0 amide bonds. The lowest BCUT2D eigenvalue weighted by Gasteiger charge is -2.12. The van der Waals surface area contributed by atoms with E-state index in [0.29, 0.717) is 29.5 Å². The van der Waals surface area contributed by atoms with Crippen molar-refractivity contribution in [3.05, 3.63) is 47.7 Å². The molecule has 0 atom stereocenters. The van der Waals surface area contributed by atoms with Crippen LogP contribution in [-0.4, -0.2) is 22.5 Å². The SMILES string of the molecule is CC(=O)c1cc(-c2ncccc2CO)ccc1OCC1CC1. The van der Waals surface area contributed by atoms with Crippen LogP contribution in [0.4, 0.5) is 0 Å². The van der Waals surface area contributed by atoms with Crippen molar-refractivity contribution in [1.82, 2.24) is 4.98 Å². The minimum Gasteiger partial charge on any atom is -0.493 e. The molecule has 1 aromatic heterocycles. The number of rotatable bonds is 6. The fourth-order valence-electron chi connectivity index (χ4n) is 2.40. The lowest BCUT2D eigenvalue weighted by molar-refractivity contribution is 0.101. The highest BCUT2D eigenvalue weighted by molar-refractivity contribution is 5.98. The van der Waals surface area contributed by atoms with Crippen LogP contribution in [0.2, 0.25) is 0 Å². The smallest absolute Gasteiger partial charge is 0.163 e. The van der Waals surface area contributed by atoms with Crippen molar-refractivity contribution < 1.29 is 14.6 Å². The fourth-order valence-corrected chi connectivity index (χ4v) is 2.40. The summed E-state index contributed by atoms with van der Waals surface area (Å²) in [6, 6.07) is 9.12. The molecule has 3 rings (SSSR count). The molecule has 1 aromatic carbocycles. The Morgan fingerprint density at radius 2 is 2.18 bits per heavy atom. The van der Waals surface area contributed by atoms with Crippen LogP contribution in [0.5, 0.6) is 5.75 Å². The molecular weight excluding hydrogens is 278 g/mol. The number of carbonyl (C=O) groups is 1. The highest BCUT2D eigenvalue weighted by Crippen LogP contribution is 2.32. The Hall–Kier alpha value is -2.20. The van der Waals surface area contributed by atoms with Crippen LogP contribution in [0.25, 0.3) is 11.3 Å². The number of carbonyl (C=O) groups excluding carboxylic acids is 1. The van der Waals surface area contributed by atoms with Gasteiger partial charge >= 0.3 is 0 Å². The number of hydrogen-bond donors (Lipinski definition) is 1. The number of ether oxygens (including phenoxy) is 1. The van der Waals surface area contributed by atoms with Crippen molar-refractivity contribution in [3.63, 3.8) is 0 Å². The molecule has 0 bridgehead atoms. The third kappa shape index (κ3) is 3.17. The third-order valence-electron chi connectivity index (χ3n) is 3.87. The molecule has 1 saturated carbocycles. The summed E-state index contributed by atoms with van der Waals surface area (Å²) >= 11 is 0. The number of nitrogens with zero attached hydrogens (tertiary/aromatic N) is 1. The number of aromatic nitrogens is 1. The van der Waals surface area contributed by atoms with Crippen molar-refractivity contribution in [2.24, 2.45) is 5.92 Å². The molecule has 1 aliphatic carbocycles. The molecule has 22 heavy (non-hydrogen) atoms. The van der Waals surface area contributed by atoms with Gasteiger partial charge in [-0.1, -0.05) is 6.07 Å². The normalized spacial score (nSPS) is 13.9. The number of aliphatic hydroxyl groups excluding tert-OH is 1. The Labute approximate surface area is 129 Å². The topological polar surface area (TPSA) is 59.4 Å². The van der Waals surface area contributed by atoms with Gasteiger partial charge in [0.2, 0.25) is 0 Å². The maximum absolute atomic E-state index is 11.9. The Morgan fingerprint density at radius 1 is 1.36 bits per heavy atom. The first-order valence-corrected chi connectivity index (χ1v) is 7.52. The standard InChI is InChI=1S/C18H19NO3/c1-12(21)16-9-14(18-15(10-20)3-2-8-19-18)6-7-17(16)22-11-13-4-5-13/h2-3,6-9,13,20H,4-5,10-11H2,1H3. The van der Waals surface area contributed by atoms with Gasteiger partial charge in [0.05, 0.1) is 24.5 Å². The number of benzene rings is 1. The summed E-state index contributed by atoms with van der Waals surface area (Å²) in [5.74, 6) is 1.23. The van der Waals surface area contributed by atoms with E-state index >= 15 is 0 Å². The summed E-state index contributed by atoms with van der Waals surface area (Å²) in [5, 5.41) is 9.43. The number of ketones is 1. The average molecular weight is 297 g/mol. The van der Waals surface area contributed by atoms with Crippen molar-refractivity contribution in [2.75, 3.05) is 6.61 Å². The summed E-state index contributed by atoms with van der Waals surface area (Å²) in [7, 11) is 0. The molecule has 0 saturated heterocycles. The lowest BCUT2D eigenvalue weighted by Crippen LogP contribution is -2.05. The first-order valence-electron chi connectivity index (χ1n) is 7.52. The quantitative estimate of drug-likeness (QED) is 0.832. The van der Waals surface area contributed by atoms with E-state index in [9.17, 15) is 9.90 Å². The van der Waals surface area contributed by atoms with E-state index in [1.165, 1.54) is 19.8 Å². The Balaban J connectivity index is 1.95. The summed E-state index contributed by atoms with van der Waals surface area (Å²) in [6.45, 7) is 2.12. The van der Waals surface area contributed by atoms with Gasteiger partial charge in [-0.25, -0.2) is 0 Å². The average Bonchev–Trinajstić information content (AvgIpc) is 3.37. The second-order valence-electron chi connectivity index (χ2n) is 5.69. The Bertz CT molecular complexity index is 692. The Kier molecular flexibility index (Phi) is 4.20. The summed E-state index contributed by atoms with van der Waals surface area (Å²) in [4.78, 5) is 16.2. The molecule has 0 aliphatic heterocycles. The predicted molar refractivity (Wildman–Crippen MR) is 83.8 cm³/mol. The molecule has 2 aromatic rings. The highest BCUT2D eigenvalue weighted by atomic mass is 16.5. The van der Waals surface area contributed by atoms with E-state index < -0.39 is 0 Å². The summed E-state index contributed by atoms with van der Waals surface area (Å²) in [5.41, 5.74) is 2.81. The van der Waals surface area contributed by atoms with Crippen molar-refractivity contribution in [1.29, 1.82) is 0 Å². The number of pyridine rings is 1. The molecule has 1 fully saturated rings. The number of aliphatic hydroxyl groups is 1. The third-order valence-corrected chi connectivity index (χ3v) is 3.87. The van der Waals surface area contributed by atoms with E-state index in [-0.39, 0.29) is 12.4 Å². The zero-order valence-electron chi connectivity index (χ0n) is 12.6. The van der Waals surface area contributed by atoms with E-state index in [1.807, 2.05) is 18.2 Å². The van der Waals surface area contributed by atoms with Gasteiger partial charge in [0.1, 0.15) is 5.75 Å². The van der Waals surface area contributed by atoms with Crippen LogP contribution in [0.15, 0.2) is 36.5 Å². The predicted octanol–water partition coefficient (Wildman–Crippen LogP) is 3.23. The zero-order chi connectivity index (χ0) is 15.5. The van der Waals surface area contributed by atoms with Crippen LogP contribution in [0.3, 0.4) is 0 Å². The molecule has 0 spiro atoms. The van der Waals surface area contributed by atoms with Crippen LogP contribution >= 0.6 is 0 Å². The summed E-state index contributed by atoms with van der Waals surface area (Å²) in [6.07, 6.45) is 4.10. The molecule has 114 valence electrons. The van der Waals surface area contributed by atoms with Gasteiger partial charge in [-0.3, -0.25) is 9.78 Å². The van der Waals surface area contributed by atoms with Crippen molar-refractivity contribution in [3.8, 4) is 17.0 Å². The first-order chi connectivity index (χ1) is 10.7. The second kappa shape index (κ2) is 6.28. The second-order valence-corrected chi connectivity index (χ2v) is 5.69. The van der Waals surface area contributed by atoms with E-state index in [4.69, 9.17) is 4.74 Å². The molecule has 4 nitrogen and oxygen atoms in total. The molecular formula is C18H19NO3. The largest absolute Gasteiger partial charge is 0.493 e. The molecule has 4 heteroatoms. The van der Waals surface area contributed by atoms with Crippen LogP contribution in [-0.2, 0) is 6.61 Å². The molecule has 0 radical (unpaired) electrons. The van der Waals surface area contributed by atoms with Gasteiger partial charge in [-0.2, -0.15) is 0 Å². The molecule has 1 heterocycles. The summed E-state index contributed by atoms with van der Waals surface area (Å²) < 4.78 is 5.78. The Morgan fingerprint density at radius 3 is 2.86 bits per heavy atom. The van der Waals surface area contributed by atoms with Gasteiger partial charge < -0.3 is 9.84 Å². The monoisotopic (exact) mass is 297 g/mol. The minimum atomic E-state index is -0.0848. The van der Waals surface area contributed by atoms with E-state index in [2.05, 4.69) is 4.98 Å². The maximum Gasteiger partial charge on any atom is 0.163 e. The number of hydrogen-bond acceptors (Lipinski definition) is 4. The zero-order valence-corrected chi connectivity index (χ0v) is 12.6. The van der Waals surface area contributed by atoms with Gasteiger partial charge in [0, 0.05) is 17.3 Å². The number of Topliss-reactive ketones (excluding diaryl/α,β-unsaturated/α-hetero) is 1. The molecule has 1 N–H and O–H groups in total. The van der Waals surface area contributed by atoms with E-state index in [0.717, 1.165) is 11.1 Å². The minimum absolute atomic E-state index is 0.0332. The van der Waals surface area contributed by atoms with Gasteiger partial charge in [-0.15, -0.1) is 0 Å². The van der Waals surface area contributed by atoms with Gasteiger partial charge in [0.15, 0.2) is 5.78 Å².